The molecule has 0 amide bonds. The highest BCUT2D eigenvalue weighted by atomic mass is 16.4. The van der Waals surface area contributed by atoms with Gasteiger partial charge in [0.2, 0.25) is 0 Å². The Morgan fingerprint density at radius 2 is 1.12 bits per heavy atom. The molecule has 2 N–H and O–H groups in total. The number of carboxylic acids is 2. The summed E-state index contributed by atoms with van der Waals surface area (Å²) in [5.74, 6) is -1.52. The smallest absolute Gasteiger partial charge is 0.335 e. The number of benzene rings is 1. The quantitative estimate of drug-likeness (QED) is 0.199. The van der Waals surface area contributed by atoms with Crippen LogP contribution >= 0.6 is 0 Å². The number of unbranched alkanes of at least 4 members (excludes halogenated alkanes) is 11. The molecular formula is C28H46O4. The van der Waals surface area contributed by atoms with Crippen LogP contribution in [0.4, 0.5) is 0 Å². The summed E-state index contributed by atoms with van der Waals surface area (Å²) in [6.45, 7) is 4.45. The summed E-state index contributed by atoms with van der Waals surface area (Å²) in [5, 5.41) is 18.6. The van der Waals surface area contributed by atoms with Gasteiger partial charge in [-0.3, -0.25) is 4.79 Å². The molecule has 1 rings (SSSR count). The van der Waals surface area contributed by atoms with Crippen LogP contribution in [-0.2, 0) is 24.1 Å². The predicted octanol–water partition coefficient (Wildman–Crippen LogP) is 7.99. The Morgan fingerprint density at radius 1 is 0.625 bits per heavy atom. The lowest BCUT2D eigenvalue weighted by atomic mass is 9.87. The van der Waals surface area contributed by atoms with Crippen LogP contribution in [-0.4, -0.2) is 22.2 Å². The van der Waals surface area contributed by atoms with Crippen LogP contribution in [0.25, 0.3) is 0 Å². The van der Waals surface area contributed by atoms with Crippen molar-refractivity contribution in [2.75, 3.05) is 0 Å². The topological polar surface area (TPSA) is 74.6 Å². The minimum Gasteiger partial charge on any atom is -0.481 e. The second kappa shape index (κ2) is 17.7. The first kappa shape index (κ1) is 28.2. The zero-order chi connectivity index (χ0) is 23.6. The highest BCUT2D eigenvalue weighted by Crippen LogP contribution is 2.26. The molecule has 182 valence electrons. The standard InChI is InChI=1S/C28H46O4/c1-3-5-7-10-14-18-24-23(17-13-6-4-2)21-22-26(28(31)32)25(24)19-15-11-8-9-12-16-20-27(29)30/h21-22H,3-20H2,1-2H3,(H,29,30)(H,31,32). The van der Waals surface area contributed by atoms with Gasteiger partial charge in [-0.1, -0.05) is 84.1 Å². The van der Waals surface area contributed by atoms with E-state index in [1.807, 2.05) is 6.07 Å². The van der Waals surface area contributed by atoms with Crippen LogP contribution in [0, 0.1) is 0 Å². The average Bonchev–Trinajstić information content (AvgIpc) is 2.76. The van der Waals surface area contributed by atoms with Crippen molar-refractivity contribution in [3.05, 3.63) is 34.4 Å². The molecule has 0 aromatic heterocycles. The molecule has 0 saturated heterocycles. The molecule has 4 nitrogen and oxygen atoms in total. The predicted molar refractivity (Wildman–Crippen MR) is 133 cm³/mol. The summed E-state index contributed by atoms with van der Waals surface area (Å²) in [5.41, 5.74) is 4.25. The number of aromatic carboxylic acids is 1. The summed E-state index contributed by atoms with van der Waals surface area (Å²) in [6, 6.07) is 3.91. The maximum Gasteiger partial charge on any atom is 0.335 e. The molecule has 1 aromatic rings. The first-order chi connectivity index (χ1) is 15.5. The molecule has 0 aliphatic rings. The summed E-state index contributed by atoms with van der Waals surface area (Å²) in [6.07, 6.45) is 18.8. The second-order valence-electron chi connectivity index (χ2n) is 9.17. The number of hydrogen-bond donors (Lipinski definition) is 2. The van der Waals surface area contributed by atoms with Gasteiger partial charge in [0.15, 0.2) is 0 Å². The van der Waals surface area contributed by atoms with Gasteiger partial charge in [0.05, 0.1) is 5.56 Å². The molecule has 0 atom stereocenters. The number of rotatable bonds is 20. The number of carbonyl (C=O) groups is 2. The van der Waals surface area contributed by atoms with Gasteiger partial charge >= 0.3 is 11.9 Å². The molecule has 0 bridgehead atoms. The van der Waals surface area contributed by atoms with Crippen molar-refractivity contribution in [1.82, 2.24) is 0 Å². The van der Waals surface area contributed by atoms with E-state index in [4.69, 9.17) is 5.11 Å². The number of carboxylic acid groups (broad SMARTS) is 2. The number of aliphatic carboxylic acids is 1. The Kier molecular flexibility index (Phi) is 15.6. The SMILES string of the molecule is CCCCCCCc1c(CCCCC)ccc(C(=O)O)c1CCCCCCCCC(=O)O. The van der Waals surface area contributed by atoms with Crippen LogP contribution < -0.4 is 0 Å². The van der Waals surface area contributed by atoms with Gasteiger partial charge in [0.1, 0.15) is 0 Å². The lowest BCUT2D eigenvalue weighted by molar-refractivity contribution is -0.137. The van der Waals surface area contributed by atoms with Crippen LogP contribution in [0.15, 0.2) is 12.1 Å². The van der Waals surface area contributed by atoms with Crippen molar-refractivity contribution in [1.29, 1.82) is 0 Å². The Balaban J connectivity index is 2.79. The van der Waals surface area contributed by atoms with Crippen molar-refractivity contribution < 1.29 is 19.8 Å². The molecule has 1 aromatic carbocycles. The highest BCUT2D eigenvalue weighted by Gasteiger charge is 2.17. The Labute approximate surface area is 195 Å². The fourth-order valence-corrected chi connectivity index (χ4v) is 4.53. The van der Waals surface area contributed by atoms with Crippen molar-refractivity contribution in [2.24, 2.45) is 0 Å². The van der Waals surface area contributed by atoms with Gasteiger partial charge in [-0.25, -0.2) is 4.79 Å². The summed E-state index contributed by atoms with van der Waals surface area (Å²) < 4.78 is 0. The van der Waals surface area contributed by atoms with Gasteiger partial charge in [-0.2, -0.15) is 0 Å². The third kappa shape index (κ3) is 11.7. The molecule has 4 heteroatoms. The average molecular weight is 447 g/mol. The second-order valence-corrected chi connectivity index (χ2v) is 9.17. The van der Waals surface area contributed by atoms with E-state index in [0.29, 0.717) is 5.56 Å². The van der Waals surface area contributed by atoms with Gasteiger partial charge in [-0.15, -0.1) is 0 Å². The van der Waals surface area contributed by atoms with Crippen molar-refractivity contribution in [3.8, 4) is 0 Å². The Hall–Kier alpha value is -1.84. The van der Waals surface area contributed by atoms with E-state index in [2.05, 4.69) is 19.9 Å². The minimum absolute atomic E-state index is 0.258. The van der Waals surface area contributed by atoms with Gasteiger partial charge in [-0.05, 0) is 67.7 Å². The number of hydrogen-bond acceptors (Lipinski definition) is 2. The summed E-state index contributed by atoms with van der Waals surface area (Å²) in [4.78, 5) is 22.6. The Bertz CT molecular complexity index is 666. The van der Waals surface area contributed by atoms with Gasteiger partial charge < -0.3 is 10.2 Å². The highest BCUT2D eigenvalue weighted by molar-refractivity contribution is 5.90. The molecule has 0 unspecified atom stereocenters. The fraction of sp³-hybridized carbons (Fsp3) is 0.714. The van der Waals surface area contributed by atoms with Crippen LogP contribution in [0.5, 0.6) is 0 Å². The zero-order valence-electron chi connectivity index (χ0n) is 20.6. The van der Waals surface area contributed by atoms with E-state index < -0.39 is 11.9 Å². The van der Waals surface area contributed by atoms with Crippen molar-refractivity contribution >= 4 is 11.9 Å². The fourth-order valence-electron chi connectivity index (χ4n) is 4.53. The monoisotopic (exact) mass is 446 g/mol. The molecule has 0 aliphatic carbocycles. The van der Waals surface area contributed by atoms with Crippen LogP contribution in [0.2, 0.25) is 0 Å². The molecule has 0 aliphatic heterocycles. The lowest BCUT2D eigenvalue weighted by Gasteiger charge is -2.18. The third-order valence-electron chi connectivity index (χ3n) is 6.41. The van der Waals surface area contributed by atoms with Crippen molar-refractivity contribution in [2.45, 2.75) is 129 Å². The first-order valence-electron chi connectivity index (χ1n) is 13.1. The van der Waals surface area contributed by atoms with E-state index >= 15 is 0 Å². The molecule has 32 heavy (non-hydrogen) atoms. The van der Waals surface area contributed by atoms with Crippen LogP contribution in [0.3, 0.4) is 0 Å². The van der Waals surface area contributed by atoms with Gasteiger partial charge in [0, 0.05) is 6.42 Å². The molecule has 0 spiro atoms. The number of aryl methyl sites for hydroxylation is 1. The summed E-state index contributed by atoms with van der Waals surface area (Å²) in [7, 11) is 0. The molecule has 0 fully saturated rings. The van der Waals surface area contributed by atoms with Crippen LogP contribution in [0.1, 0.15) is 137 Å². The van der Waals surface area contributed by atoms with E-state index in [9.17, 15) is 14.7 Å². The van der Waals surface area contributed by atoms with E-state index in [1.165, 1.54) is 56.1 Å². The lowest BCUT2D eigenvalue weighted by Crippen LogP contribution is -2.10. The Morgan fingerprint density at radius 3 is 1.72 bits per heavy atom. The largest absolute Gasteiger partial charge is 0.481 e. The van der Waals surface area contributed by atoms with E-state index in [-0.39, 0.29) is 6.42 Å². The molecular weight excluding hydrogens is 400 g/mol. The van der Waals surface area contributed by atoms with Crippen molar-refractivity contribution in [3.63, 3.8) is 0 Å². The van der Waals surface area contributed by atoms with E-state index in [1.54, 1.807) is 0 Å². The van der Waals surface area contributed by atoms with E-state index in [0.717, 1.165) is 69.8 Å². The normalized spacial score (nSPS) is 11.1. The molecule has 0 heterocycles. The third-order valence-corrected chi connectivity index (χ3v) is 6.41. The maximum atomic E-state index is 12.0. The first-order valence-corrected chi connectivity index (χ1v) is 13.1. The zero-order valence-corrected chi connectivity index (χ0v) is 20.6. The summed E-state index contributed by atoms with van der Waals surface area (Å²) >= 11 is 0. The molecule has 0 saturated carbocycles. The van der Waals surface area contributed by atoms with Gasteiger partial charge in [0.25, 0.3) is 0 Å². The minimum atomic E-state index is -0.805. The maximum absolute atomic E-state index is 12.0. The molecule has 0 radical (unpaired) electrons.